The molecule has 5 heteroatoms. The maximum Gasteiger partial charge on any atom is 0.416 e. The molecule has 2 unspecified atom stereocenters. The van der Waals surface area contributed by atoms with E-state index in [2.05, 4.69) is 18.3 Å². The smallest absolute Gasteiger partial charge is 0.303 e. The first-order valence-corrected chi connectivity index (χ1v) is 7.76. The molecule has 0 bridgehead atoms. The molecule has 0 amide bonds. The third-order valence-corrected chi connectivity index (χ3v) is 4.47. The zero-order valence-electron chi connectivity index (χ0n) is 11.9. The van der Waals surface area contributed by atoms with E-state index in [1.54, 1.807) is 23.5 Å². The van der Waals surface area contributed by atoms with Gasteiger partial charge in [0.1, 0.15) is 0 Å². The number of alkyl halides is 3. The average molecular weight is 313 g/mol. The second-order valence-electron chi connectivity index (χ2n) is 4.98. The van der Waals surface area contributed by atoms with Crippen LogP contribution in [0.3, 0.4) is 0 Å². The van der Waals surface area contributed by atoms with Crippen LogP contribution in [0, 0.1) is 0 Å². The molecule has 114 valence electrons. The third kappa shape index (κ3) is 4.08. The fraction of sp³-hybridized carbons (Fsp3) is 0.375. The molecule has 0 fully saturated rings. The highest BCUT2D eigenvalue weighted by Crippen LogP contribution is 2.30. The zero-order valence-corrected chi connectivity index (χ0v) is 12.8. The Hall–Kier alpha value is -1.33. The first-order chi connectivity index (χ1) is 9.91. The van der Waals surface area contributed by atoms with Gasteiger partial charge in [-0.05, 0) is 42.5 Å². The Morgan fingerprint density at radius 2 is 1.81 bits per heavy atom. The second-order valence-corrected chi connectivity index (χ2v) is 5.96. The van der Waals surface area contributed by atoms with Crippen LogP contribution in [0.15, 0.2) is 41.8 Å². The van der Waals surface area contributed by atoms with E-state index in [4.69, 9.17) is 0 Å². The van der Waals surface area contributed by atoms with Crippen LogP contribution in [0.1, 0.15) is 48.4 Å². The van der Waals surface area contributed by atoms with Crippen molar-refractivity contribution >= 4 is 11.3 Å². The fourth-order valence-corrected chi connectivity index (χ4v) is 3.12. The van der Waals surface area contributed by atoms with Gasteiger partial charge in [-0.25, -0.2) is 0 Å². The monoisotopic (exact) mass is 313 g/mol. The highest BCUT2D eigenvalue weighted by molar-refractivity contribution is 7.10. The maximum atomic E-state index is 12.6. The largest absolute Gasteiger partial charge is 0.416 e. The molecule has 0 aliphatic carbocycles. The van der Waals surface area contributed by atoms with Crippen molar-refractivity contribution in [1.29, 1.82) is 0 Å². The summed E-state index contributed by atoms with van der Waals surface area (Å²) in [5, 5.41) is 5.50. The van der Waals surface area contributed by atoms with Gasteiger partial charge in [-0.3, -0.25) is 0 Å². The van der Waals surface area contributed by atoms with Crippen molar-refractivity contribution in [3.05, 3.63) is 57.8 Å². The Morgan fingerprint density at radius 3 is 2.29 bits per heavy atom. The molecule has 21 heavy (non-hydrogen) atoms. The average Bonchev–Trinajstić information content (AvgIpc) is 2.97. The molecule has 0 saturated carbocycles. The molecule has 1 aromatic carbocycles. The second kappa shape index (κ2) is 6.62. The summed E-state index contributed by atoms with van der Waals surface area (Å²) >= 11 is 1.69. The minimum atomic E-state index is -4.28. The molecule has 0 spiro atoms. The van der Waals surface area contributed by atoms with E-state index < -0.39 is 11.7 Å². The van der Waals surface area contributed by atoms with Gasteiger partial charge in [0, 0.05) is 17.0 Å². The SMILES string of the molecule is CCC(NC(C)c1ccc(C(F)(F)F)cc1)c1cccs1. The molecule has 0 aliphatic heterocycles. The lowest BCUT2D eigenvalue weighted by molar-refractivity contribution is -0.137. The molecule has 1 N–H and O–H groups in total. The highest BCUT2D eigenvalue weighted by atomic mass is 32.1. The summed E-state index contributed by atoms with van der Waals surface area (Å²) in [6, 6.07) is 9.67. The van der Waals surface area contributed by atoms with Crippen molar-refractivity contribution < 1.29 is 13.2 Å². The molecule has 0 aliphatic rings. The molecule has 1 nitrogen and oxygen atoms in total. The van der Waals surface area contributed by atoms with Gasteiger partial charge >= 0.3 is 6.18 Å². The molecule has 0 saturated heterocycles. The summed E-state index contributed by atoms with van der Waals surface area (Å²) in [6.45, 7) is 4.07. The lowest BCUT2D eigenvalue weighted by Crippen LogP contribution is -2.23. The van der Waals surface area contributed by atoms with Crippen molar-refractivity contribution in [2.75, 3.05) is 0 Å². The lowest BCUT2D eigenvalue weighted by atomic mass is 10.0. The minimum Gasteiger partial charge on any atom is -0.303 e. The van der Waals surface area contributed by atoms with E-state index in [-0.39, 0.29) is 12.1 Å². The van der Waals surface area contributed by atoms with E-state index in [0.717, 1.165) is 24.1 Å². The van der Waals surface area contributed by atoms with Crippen molar-refractivity contribution in [3.63, 3.8) is 0 Å². The van der Waals surface area contributed by atoms with Crippen LogP contribution in [-0.4, -0.2) is 0 Å². The van der Waals surface area contributed by atoms with Crippen LogP contribution in [0.2, 0.25) is 0 Å². The summed E-state index contributed by atoms with van der Waals surface area (Å²) in [5.41, 5.74) is 0.252. The predicted octanol–water partition coefficient (Wildman–Crippen LogP) is 5.57. The van der Waals surface area contributed by atoms with Crippen molar-refractivity contribution in [2.45, 2.75) is 38.5 Å². The predicted molar refractivity (Wildman–Crippen MR) is 80.3 cm³/mol. The maximum absolute atomic E-state index is 12.6. The van der Waals surface area contributed by atoms with Crippen molar-refractivity contribution in [2.24, 2.45) is 0 Å². The Bertz CT molecular complexity index is 546. The van der Waals surface area contributed by atoms with Crippen LogP contribution in [0.5, 0.6) is 0 Å². The third-order valence-electron chi connectivity index (χ3n) is 3.48. The molecule has 2 rings (SSSR count). The van der Waals surface area contributed by atoms with Gasteiger partial charge in [0.2, 0.25) is 0 Å². The Labute approximate surface area is 126 Å². The van der Waals surface area contributed by atoms with E-state index in [0.29, 0.717) is 0 Å². The molecular weight excluding hydrogens is 295 g/mol. The van der Waals surface area contributed by atoms with Crippen molar-refractivity contribution in [1.82, 2.24) is 5.32 Å². The number of halogens is 3. The van der Waals surface area contributed by atoms with Crippen LogP contribution < -0.4 is 5.32 Å². The Morgan fingerprint density at radius 1 is 1.14 bits per heavy atom. The Kier molecular flexibility index (Phi) is 5.06. The molecule has 1 aromatic heterocycles. The lowest BCUT2D eigenvalue weighted by Gasteiger charge is -2.22. The first-order valence-electron chi connectivity index (χ1n) is 6.88. The summed E-state index contributed by atoms with van der Waals surface area (Å²) in [5.74, 6) is 0. The summed E-state index contributed by atoms with van der Waals surface area (Å²) in [4.78, 5) is 1.25. The van der Waals surface area contributed by atoms with Crippen molar-refractivity contribution in [3.8, 4) is 0 Å². The number of rotatable bonds is 5. The summed E-state index contributed by atoms with van der Waals surface area (Å²) < 4.78 is 37.7. The van der Waals surface area contributed by atoms with Gasteiger partial charge in [-0.1, -0.05) is 25.1 Å². The highest BCUT2D eigenvalue weighted by Gasteiger charge is 2.30. The standard InChI is InChI=1S/C16H18F3NS/c1-3-14(15-5-4-10-21-15)20-11(2)12-6-8-13(9-7-12)16(17,18)19/h4-11,14,20H,3H2,1-2H3. The van der Waals surface area contributed by atoms with E-state index in [1.165, 1.54) is 4.88 Å². The summed E-state index contributed by atoms with van der Waals surface area (Å²) in [7, 11) is 0. The van der Waals surface area contributed by atoms with Gasteiger partial charge < -0.3 is 5.32 Å². The molecule has 1 heterocycles. The number of nitrogens with one attached hydrogen (secondary N) is 1. The van der Waals surface area contributed by atoms with Crippen LogP contribution in [0.25, 0.3) is 0 Å². The van der Waals surface area contributed by atoms with Gasteiger partial charge in [0.15, 0.2) is 0 Å². The number of hydrogen-bond acceptors (Lipinski definition) is 2. The number of benzene rings is 1. The van der Waals surface area contributed by atoms with Crippen LogP contribution in [-0.2, 0) is 6.18 Å². The van der Waals surface area contributed by atoms with Crippen LogP contribution >= 0.6 is 11.3 Å². The first kappa shape index (κ1) is 16.0. The van der Waals surface area contributed by atoms with Gasteiger partial charge in [0.25, 0.3) is 0 Å². The zero-order chi connectivity index (χ0) is 15.5. The molecule has 2 atom stereocenters. The topological polar surface area (TPSA) is 12.0 Å². The summed E-state index contributed by atoms with van der Waals surface area (Å²) in [6.07, 6.45) is -3.34. The van der Waals surface area contributed by atoms with E-state index in [9.17, 15) is 13.2 Å². The number of hydrogen-bond donors (Lipinski definition) is 1. The number of thiophene rings is 1. The quantitative estimate of drug-likeness (QED) is 0.761. The fourth-order valence-electron chi connectivity index (χ4n) is 2.25. The molecule has 2 aromatic rings. The Balaban J connectivity index is 2.07. The van der Waals surface area contributed by atoms with Gasteiger partial charge in [0.05, 0.1) is 5.56 Å². The van der Waals surface area contributed by atoms with Gasteiger partial charge in [-0.15, -0.1) is 11.3 Å². The normalized spacial score (nSPS) is 14.9. The minimum absolute atomic E-state index is 0.000617. The van der Waals surface area contributed by atoms with Gasteiger partial charge in [-0.2, -0.15) is 13.2 Å². The van der Waals surface area contributed by atoms with E-state index >= 15 is 0 Å². The van der Waals surface area contributed by atoms with Crippen LogP contribution in [0.4, 0.5) is 13.2 Å². The van der Waals surface area contributed by atoms with E-state index in [1.807, 2.05) is 18.4 Å². The molecule has 0 radical (unpaired) electrons. The molecular formula is C16H18F3NS.